The summed E-state index contributed by atoms with van der Waals surface area (Å²) in [6.07, 6.45) is 1.18. The normalized spacial score (nSPS) is 16.8. The number of ether oxygens (including phenoxy) is 1. The van der Waals surface area contributed by atoms with Gasteiger partial charge in [0.15, 0.2) is 0 Å². The molecule has 1 aliphatic rings. The van der Waals surface area contributed by atoms with Crippen molar-refractivity contribution >= 4 is 44.6 Å². The Kier molecular flexibility index (Phi) is 6.42. The molecular formula is C20H18ClFN4O4S2. The highest BCUT2D eigenvalue weighted by atomic mass is 35.5. The van der Waals surface area contributed by atoms with Crippen LogP contribution in [0.5, 0.6) is 5.75 Å². The van der Waals surface area contributed by atoms with Gasteiger partial charge in [0, 0.05) is 12.2 Å². The second kappa shape index (κ2) is 9.10. The second-order valence-corrected chi connectivity index (χ2v) is 10.3. The number of amides is 1. The number of carbonyl (C=O) groups is 1. The van der Waals surface area contributed by atoms with Crippen LogP contribution in [0.2, 0.25) is 5.02 Å². The van der Waals surface area contributed by atoms with E-state index in [1.165, 1.54) is 47.8 Å². The Morgan fingerprint density at radius 2 is 2.09 bits per heavy atom. The Balaban J connectivity index is 1.55. The number of hydrogen-bond donors (Lipinski definition) is 1. The number of rotatable bonds is 6. The largest absolute Gasteiger partial charge is 0.495 e. The molecule has 4 rings (SSSR count). The van der Waals surface area contributed by atoms with Gasteiger partial charge in [-0.1, -0.05) is 29.0 Å². The highest BCUT2D eigenvalue weighted by Crippen LogP contribution is 2.39. The fourth-order valence-corrected chi connectivity index (χ4v) is 6.39. The van der Waals surface area contributed by atoms with E-state index in [9.17, 15) is 17.6 Å². The van der Waals surface area contributed by atoms with Crippen LogP contribution < -0.4 is 10.1 Å². The van der Waals surface area contributed by atoms with Crippen LogP contribution in [0.15, 0.2) is 47.4 Å². The molecule has 8 nitrogen and oxygen atoms in total. The van der Waals surface area contributed by atoms with Crippen molar-refractivity contribution in [2.24, 2.45) is 0 Å². The maximum absolute atomic E-state index is 13.3. The third-order valence-corrected chi connectivity index (χ3v) is 8.16. The number of carbonyl (C=O) groups excluding carboxylic acids is 1. The first kappa shape index (κ1) is 22.6. The van der Waals surface area contributed by atoms with Crippen LogP contribution in [0.3, 0.4) is 0 Å². The average molecular weight is 497 g/mol. The van der Waals surface area contributed by atoms with Crippen molar-refractivity contribution in [1.82, 2.24) is 14.5 Å². The lowest BCUT2D eigenvalue weighted by Crippen LogP contribution is -2.30. The van der Waals surface area contributed by atoms with Gasteiger partial charge in [0.25, 0.3) is 5.91 Å². The average Bonchev–Trinajstić information content (AvgIpc) is 3.43. The number of nitrogens with one attached hydrogen (secondary N) is 1. The Morgan fingerprint density at radius 3 is 2.81 bits per heavy atom. The highest BCUT2D eigenvalue weighted by molar-refractivity contribution is 7.89. The van der Waals surface area contributed by atoms with Gasteiger partial charge in [-0.25, -0.2) is 12.8 Å². The zero-order valence-corrected chi connectivity index (χ0v) is 19.2. The summed E-state index contributed by atoms with van der Waals surface area (Å²) in [5, 5.41) is 11.2. The van der Waals surface area contributed by atoms with E-state index in [2.05, 4.69) is 15.5 Å². The molecule has 12 heteroatoms. The van der Waals surface area contributed by atoms with Crippen molar-refractivity contribution in [3.8, 4) is 5.75 Å². The van der Waals surface area contributed by atoms with E-state index < -0.39 is 27.8 Å². The third kappa shape index (κ3) is 4.46. The molecule has 1 N–H and O–H groups in total. The monoisotopic (exact) mass is 496 g/mol. The van der Waals surface area contributed by atoms with Crippen LogP contribution in [0.4, 0.5) is 10.1 Å². The zero-order chi connectivity index (χ0) is 22.9. The van der Waals surface area contributed by atoms with Crippen LogP contribution in [0.25, 0.3) is 0 Å². The van der Waals surface area contributed by atoms with Gasteiger partial charge < -0.3 is 10.1 Å². The summed E-state index contributed by atoms with van der Waals surface area (Å²) in [6.45, 7) is 0.307. The predicted octanol–water partition coefficient (Wildman–Crippen LogP) is 4.12. The second-order valence-electron chi connectivity index (χ2n) is 6.98. The summed E-state index contributed by atoms with van der Waals surface area (Å²) in [6, 6.07) is 9.22. The molecule has 2 heterocycles. The summed E-state index contributed by atoms with van der Waals surface area (Å²) in [7, 11) is -2.41. The molecule has 0 bridgehead atoms. The molecular weight excluding hydrogens is 479 g/mol. The Hall–Kier alpha value is -2.60. The minimum Gasteiger partial charge on any atom is -0.495 e. The first-order valence-corrected chi connectivity index (χ1v) is 12.2. The van der Waals surface area contributed by atoms with Crippen LogP contribution in [0, 0.1) is 5.82 Å². The number of sulfonamides is 1. The molecule has 3 aromatic rings. The van der Waals surface area contributed by atoms with Crippen LogP contribution in [0.1, 0.15) is 33.7 Å². The topological polar surface area (TPSA) is 101 Å². The standard InChI is InChI=1S/C20H18ClFN4O4S2/c1-30-17-8-7-14(11-15(17)21)32(28,29)26-9-3-6-16(26)19-24-25-20(31-19)18(27)23-13-5-2-4-12(22)10-13/h2,4-5,7-8,10-11,16H,3,6,9H2,1H3,(H,23,27). The highest BCUT2D eigenvalue weighted by Gasteiger charge is 2.38. The first-order valence-electron chi connectivity index (χ1n) is 9.55. The number of hydrogen-bond acceptors (Lipinski definition) is 7. The molecule has 1 aromatic heterocycles. The molecule has 0 aliphatic carbocycles. The molecule has 1 amide bonds. The number of nitrogens with zero attached hydrogens (tertiary/aromatic N) is 3. The molecule has 168 valence electrons. The van der Waals surface area contributed by atoms with Crippen molar-refractivity contribution in [2.45, 2.75) is 23.8 Å². The van der Waals surface area contributed by atoms with Crippen molar-refractivity contribution in [1.29, 1.82) is 0 Å². The summed E-state index contributed by atoms with van der Waals surface area (Å²) >= 11 is 7.12. The van der Waals surface area contributed by atoms with E-state index in [1.807, 2.05) is 0 Å². The summed E-state index contributed by atoms with van der Waals surface area (Å²) in [5.41, 5.74) is 0.285. The molecule has 0 spiro atoms. The lowest BCUT2D eigenvalue weighted by molar-refractivity contribution is 0.102. The van der Waals surface area contributed by atoms with Gasteiger partial charge in [0.2, 0.25) is 15.0 Å². The number of anilines is 1. The lowest BCUT2D eigenvalue weighted by Gasteiger charge is -2.22. The van der Waals surface area contributed by atoms with Gasteiger partial charge in [-0.2, -0.15) is 4.31 Å². The Labute approximate surface area is 193 Å². The maximum atomic E-state index is 13.3. The van der Waals surface area contributed by atoms with E-state index in [4.69, 9.17) is 16.3 Å². The molecule has 1 aliphatic heterocycles. The first-order chi connectivity index (χ1) is 15.3. The molecule has 1 atom stereocenters. The fraction of sp³-hybridized carbons (Fsp3) is 0.250. The molecule has 1 unspecified atom stereocenters. The molecule has 1 saturated heterocycles. The van der Waals surface area contributed by atoms with Gasteiger partial charge in [-0.05, 0) is 49.2 Å². The van der Waals surface area contributed by atoms with Gasteiger partial charge in [0.1, 0.15) is 16.6 Å². The molecule has 2 aromatic carbocycles. The Bertz CT molecular complexity index is 1270. The number of halogens is 2. The number of methoxy groups -OCH3 is 1. The summed E-state index contributed by atoms with van der Waals surface area (Å²) < 4.78 is 46.3. The smallest absolute Gasteiger partial charge is 0.286 e. The third-order valence-electron chi connectivity index (χ3n) is 4.94. The minimum atomic E-state index is -3.86. The van der Waals surface area contributed by atoms with Crippen LogP contribution in [-0.2, 0) is 10.0 Å². The van der Waals surface area contributed by atoms with Crippen molar-refractivity contribution in [3.05, 3.63) is 63.3 Å². The molecule has 1 fully saturated rings. The number of benzene rings is 2. The summed E-state index contributed by atoms with van der Waals surface area (Å²) in [5.74, 6) is -0.651. The predicted molar refractivity (Wildman–Crippen MR) is 118 cm³/mol. The van der Waals surface area contributed by atoms with Crippen LogP contribution in [-0.4, -0.2) is 42.5 Å². The quantitative estimate of drug-likeness (QED) is 0.551. The summed E-state index contributed by atoms with van der Waals surface area (Å²) in [4.78, 5) is 12.5. The SMILES string of the molecule is COc1ccc(S(=O)(=O)N2CCCC2c2nnc(C(=O)Nc3cccc(F)c3)s2)cc1Cl. The Morgan fingerprint density at radius 1 is 1.28 bits per heavy atom. The maximum Gasteiger partial charge on any atom is 0.286 e. The van der Waals surface area contributed by atoms with Crippen molar-refractivity contribution in [2.75, 3.05) is 19.0 Å². The van der Waals surface area contributed by atoms with Gasteiger partial charge in [-0.3, -0.25) is 4.79 Å². The van der Waals surface area contributed by atoms with E-state index in [0.29, 0.717) is 30.1 Å². The van der Waals surface area contributed by atoms with Gasteiger partial charge in [-0.15, -0.1) is 10.2 Å². The van der Waals surface area contributed by atoms with Gasteiger partial charge >= 0.3 is 0 Å². The molecule has 0 radical (unpaired) electrons. The van der Waals surface area contributed by atoms with E-state index in [-0.39, 0.29) is 20.6 Å². The van der Waals surface area contributed by atoms with Crippen LogP contribution >= 0.6 is 22.9 Å². The molecule has 32 heavy (non-hydrogen) atoms. The number of aromatic nitrogens is 2. The van der Waals surface area contributed by atoms with E-state index >= 15 is 0 Å². The molecule has 0 saturated carbocycles. The van der Waals surface area contributed by atoms with E-state index in [0.717, 1.165) is 11.3 Å². The zero-order valence-electron chi connectivity index (χ0n) is 16.8. The van der Waals surface area contributed by atoms with Crippen molar-refractivity contribution < 1.29 is 22.3 Å². The lowest BCUT2D eigenvalue weighted by atomic mass is 10.2. The fourth-order valence-electron chi connectivity index (χ4n) is 3.43. The van der Waals surface area contributed by atoms with Crippen molar-refractivity contribution in [3.63, 3.8) is 0 Å². The van der Waals surface area contributed by atoms with Gasteiger partial charge in [0.05, 0.1) is 23.1 Å². The van der Waals surface area contributed by atoms with E-state index in [1.54, 1.807) is 6.07 Å². The minimum absolute atomic E-state index is 0.0452.